The first-order valence-electron chi connectivity index (χ1n) is 13.6. The zero-order chi connectivity index (χ0) is 27.6. The van der Waals surface area contributed by atoms with Gasteiger partial charge in [0.15, 0.2) is 0 Å². The van der Waals surface area contributed by atoms with Crippen LogP contribution in [0.15, 0.2) is 72.8 Å². The van der Waals surface area contributed by atoms with E-state index in [1.165, 1.54) is 17.5 Å². The van der Waals surface area contributed by atoms with Crippen molar-refractivity contribution in [3.05, 3.63) is 105 Å². The van der Waals surface area contributed by atoms with Crippen molar-refractivity contribution in [3.8, 4) is 0 Å². The number of amides is 2. The molecule has 2 amide bonds. The highest BCUT2D eigenvalue weighted by molar-refractivity contribution is 7.99. The number of halogens is 2. The summed E-state index contributed by atoms with van der Waals surface area (Å²) in [7, 11) is 0. The predicted octanol–water partition coefficient (Wildman–Crippen LogP) is 7.62. The highest BCUT2D eigenvalue weighted by Gasteiger charge is 2.32. The number of hydrogen-bond acceptors (Lipinski definition) is 3. The maximum absolute atomic E-state index is 13.9. The summed E-state index contributed by atoms with van der Waals surface area (Å²) in [5.74, 6) is 0.799. The summed E-state index contributed by atoms with van der Waals surface area (Å²) in [6.07, 6.45) is 5.83. The van der Waals surface area contributed by atoms with Crippen LogP contribution in [-0.2, 0) is 28.3 Å². The Morgan fingerprint density at radius 2 is 1.69 bits per heavy atom. The normalized spacial score (nSPS) is 14.5. The lowest BCUT2D eigenvalue weighted by Gasteiger charge is -2.33. The van der Waals surface area contributed by atoms with Crippen LogP contribution >= 0.6 is 35.0 Å². The molecule has 0 aliphatic heterocycles. The van der Waals surface area contributed by atoms with Crippen molar-refractivity contribution in [2.24, 2.45) is 0 Å². The average Bonchev–Trinajstić information content (AvgIpc) is 2.93. The van der Waals surface area contributed by atoms with Crippen molar-refractivity contribution in [2.45, 2.75) is 69.8 Å². The molecule has 1 saturated carbocycles. The minimum atomic E-state index is -0.659. The number of rotatable bonds is 11. The summed E-state index contributed by atoms with van der Waals surface area (Å²) in [6, 6.07) is 23.0. The van der Waals surface area contributed by atoms with Crippen LogP contribution in [0, 0.1) is 6.92 Å². The van der Waals surface area contributed by atoms with Crippen molar-refractivity contribution in [2.75, 3.05) is 5.75 Å². The van der Waals surface area contributed by atoms with E-state index in [1.54, 1.807) is 28.8 Å². The van der Waals surface area contributed by atoms with Crippen LogP contribution in [0.25, 0.3) is 0 Å². The fourth-order valence-corrected chi connectivity index (χ4v) is 6.40. The fourth-order valence-electron chi connectivity index (χ4n) is 5.07. The molecule has 1 aliphatic rings. The minimum absolute atomic E-state index is 0.0848. The number of aryl methyl sites for hydroxylation is 1. The largest absolute Gasteiger partial charge is 0.352 e. The molecular formula is C32H36Cl2N2O2S. The van der Waals surface area contributed by atoms with Crippen molar-refractivity contribution >= 4 is 46.8 Å². The maximum Gasteiger partial charge on any atom is 0.243 e. The molecule has 1 atom stereocenters. The molecule has 7 heteroatoms. The van der Waals surface area contributed by atoms with Gasteiger partial charge in [-0.25, -0.2) is 0 Å². The molecule has 0 aromatic heterocycles. The molecule has 0 heterocycles. The van der Waals surface area contributed by atoms with Gasteiger partial charge in [-0.2, -0.15) is 0 Å². The first kappa shape index (κ1) is 29.5. The van der Waals surface area contributed by atoms with Crippen LogP contribution in [0.4, 0.5) is 0 Å². The Balaban J connectivity index is 1.59. The van der Waals surface area contributed by atoms with Gasteiger partial charge in [0.25, 0.3) is 0 Å². The summed E-state index contributed by atoms with van der Waals surface area (Å²) in [5.41, 5.74) is 4.15. The Hall–Kier alpha value is -2.47. The Bertz CT molecular complexity index is 1250. The quantitative estimate of drug-likeness (QED) is 0.253. The van der Waals surface area contributed by atoms with Gasteiger partial charge in [-0.05, 0) is 48.6 Å². The Kier molecular flexibility index (Phi) is 11.2. The Morgan fingerprint density at radius 1 is 0.949 bits per heavy atom. The van der Waals surface area contributed by atoms with E-state index in [1.807, 2.05) is 42.5 Å². The van der Waals surface area contributed by atoms with Crippen LogP contribution in [0.1, 0.15) is 54.4 Å². The molecule has 1 N–H and O–H groups in total. The van der Waals surface area contributed by atoms with E-state index in [2.05, 4.69) is 30.4 Å². The van der Waals surface area contributed by atoms with Gasteiger partial charge < -0.3 is 10.2 Å². The number of carbonyl (C=O) groups is 2. The smallest absolute Gasteiger partial charge is 0.243 e. The third-order valence-corrected chi connectivity index (χ3v) is 8.73. The molecule has 0 saturated heterocycles. The first-order valence-corrected chi connectivity index (χ1v) is 15.5. The zero-order valence-electron chi connectivity index (χ0n) is 22.4. The van der Waals surface area contributed by atoms with Gasteiger partial charge in [0.1, 0.15) is 6.04 Å². The van der Waals surface area contributed by atoms with E-state index < -0.39 is 6.04 Å². The predicted molar refractivity (Wildman–Crippen MR) is 163 cm³/mol. The molecule has 0 bridgehead atoms. The SMILES string of the molecule is Cc1cccc(CSCC(=O)N(Cc2ccc(Cl)cc2Cl)C(Cc2ccccc2)C(=O)NC2CCCCC2)c1. The van der Waals surface area contributed by atoms with Crippen LogP contribution < -0.4 is 5.32 Å². The standard InChI is InChI=1S/C32H36Cl2N2O2S/c1-23-9-8-12-25(17-23)21-39-22-31(37)36(20-26-15-16-27(33)19-29(26)34)30(18-24-10-4-2-5-11-24)32(38)35-28-13-6-3-7-14-28/h2,4-5,8-12,15-17,19,28,30H,3,6-7,13-14,18,20-22H2,1H3,(H,35,38). The van der Waals surface area contributed by atoms with E-state index in [-0.39, 0.29) is 30.2 Å². The van der Waals surface area contributed by atoms with Crippen LogP contribution in [0.3, 0.4) is 0 Å². The van der Waals surface area contributed by atoms with Gasteiger partial charge in [-0.3, -0.25) is 9.59 Å². The number of benzene rings is 3. The second-order valence-electron chi connectivity index (χ2n) is 10.3. The Morgan fingerprint density at radius 3 is 2.41 bits per heavy atom. The van der Waals surface area contributed by atoms with Crippen LogP contribution in [0.5, 0.6) is 0 Å². The highest BCUT2D eigenvalue weighted by atomic mass is 35.5. The number of carbonyl (C=O) groups excluding carboxylic acids is 2. The van der Waals surface area contributed by atoms with Crippen LogP contribution in [-0.4, -0.2) is 34.6 Å². The lowest BCUT2D eigenvalue weighted by Crippen LogP contribution is -2.53. The summed E-state index contributed by atoms with van der Waals surface area (Å²) < 4.78 is 0. The van der Waals surface area contributed by atoms with Gasteiger partial charge in [-0.1, -0.05) is 109 Å². The van der Waals surface area contributed by atoms with Crippen molar-refractivity contribution in [3.63, 3.8) is 0 Å². The van der Waals surface area contributed by atoms with E-state index in [0.29, 0.717) is 16.5 Å². The van der Waals surface area contributed by atoms with E-state index in [9.17, 15) is 9.59 Å². The molecule has 0 spiro atoms. The Labute approximate surface area is 246 Å². The second-order valence-corrected chi connectivity index (χ2v) is 12.1. The second kappa shape index (κ2) is 14.8. The molecular weight excluding hydrogens is 547 g/mol. The molecule has 39 heavy (non-hydrogen) atoms. The monoisotopic (exact) mass is 582 g/mol. The summed E-state index contributed by atoms with van der Waals surface area (Å²) in [5, 5.41) is 4.30. The van der Waals surface area contributed by atoms with Gasteiger partial charge in [0.2, 0.25) is 11.8 Å². The molecule has 0 radical (unpaired) electrons. The molecule has 1 aliphatic carbocycles. The molecule has 3 aromatic rings. The van der Waals surface area contributed by atoms with Crippen molar-refractivity contribution < 1.29 is 9.59 Å². The lowest BCUT2D eigenvalue weighted by atomic mass is 9.94. The molecule has 1 fully saturated rings. The van der Waals surface area contributed by atoms with Gasteiger partial charge >= 0.3 is 0 Å². The van der Waals surface area contributed by atoms with E-state index >= 15 is 0 Å². The average molecular weight is 584 g/mol. The maximum atomic E-state index is 13.9. The molecule has 4 rings (SSSR count). The highest BCUT2D eigenvalue weighted by Crippen LogP contribution is 2.26. The fraction of sp³-hybridized carbons (Fsp3) is 0.375. The van der Waals surface area contributed by atoms with Gasteiger partial charge in [-0.15, -0.1) is 11.8 Å². The third kappa shape index (κ3) is 9.02. The van der Waals surface area contributed by atoms with E-state index in [0.717, 1.165) is 42.6 Å². The number of thioether (sulfide) groups is 1. The molecule has 206 valence electrons. The van der Waals surface area contributed by atoms with Crippen molar-refractivity contribution in [1.82, 2.24) is 10.2 Å². The number of hydrogen-bond donors (Lipinski definition) is 1. The topological polar surface area (TPSA) is 49.4 Å². The zero-order valence-corrected chi connectivity index (χ0v) is 24.7. The van der Waals surface area contributed by atoms with Gasteiger partial charge in [0, 0.05) is 34.8 Å². The summed E-state index contributed by atoms with van der Waals surface area (Å²) in [4.78, 5) is 29.4. The molecule has 4 nitrogen and oxygen atoms in total. The third-order valence-electron chi connectivity index (χ3n) is 7.16. The number of nitrogens with one attached hydrogen (secondary N) is 1. The first-order chi connectivity index (χ1) is 18.9. The summed E-state index contributed by atoms with van der Waals surface area (Å²) in [6.45, 7) is 2.30. The van der Waals surface area contributed by atoms with Crippen molar-refractivity contribution in [1.29, 1.82) is 0 Å². The number of nitrogens with zero attached hydrogens (tertiary/aromatic N) is 1. The summed E-state index contributed by atoms with van der Waals surface area (Å²) >= 11 is 14.3. The minimum Gasteiger partial charge on any atom is -0.352 e. The molecule has 1 unspecified atom stereocenters. The van der Waals surface area contributed by atoms with Gasteiger partial charge in [0.05, 0.1) is 5.75 Å². The lowest BCUT2D eigenvalue weighted by molar-refractivity contribution is -0.139. The van der Waals surface area contributed by atoms with E-state index in [4.69, 9.17) is 23.2 Å². The molecule has 3 aromatic carbocycles. The van der Waals surface area contributed by atoms with Crippen LogP contribution in [0.2, 0.25) is 10.0 Å².